The Labute approximate surface area is 143 Å². The van der Waals surface area contributed by atoms with E-state index in [4.69, 9.17) is 4.74 Å². The summed E-state index contributed by atoms with van der Waals surface area (Å²) >= 11 is 0. The van der Waals surface area contributed by atoms with Crippen LogP contribution >= 0.6 is 0 Å². The van der Waals surface area contributed by atoms with Crippen molar-refractivity contribution >= 4 is 17.2 Å². The van der Waals surface area contributed by atoms with Gasteiger partial charge in [0.05, 0.1) is 18.4 Å². The van der Waals surface area contributed by atoms with Gasteiger partial charge in [0, 0.05) is 6.54 Å². The fourth-order valence-electron chi connectivity index (χ4n) is 3.12. The fourth-order valence-corrected chi connectivity index (χ4v) is 3.12. The van der Waals surface area contributed by atoms with Crippen molar-refractivity contribution in [1.29, 1.82) is 0 Å². The summed E-state index contributed by atoms with van der Waals surface area (Å²) in [5.74, 6) is -0.663. The van der Waals surface area contributed by atoms with Crippen LogP contribution in [0.5, 0.6) is 0 Å². The average molecular weight is 347 g/mol. The summed E-state index contributed by atoms with van der Waals surface area (Å²) in [6.45, 7) is 1.87. The highest BCUT2D eigenvalue weighted by atomic mass is 19.4. The van der Waals surface area contributed by atoms with Crippen molar-refractivity contribution in [3.05, 3.63) is 70.9 Å². The number of methoxy groups -OCH3 is 1. The Bertz CT molecular complexity index is 856. The molecule has 0 saturated heterocycles. The first kappa shape index (κ1) is 17.1. The number of hydrogen-bond donors (Lipinski definition) is 0. The Morgan fingerprint density at radius 1 is 1.08 bits per heavy atom. The lowest BCUT2D eigenvalue weighted by Gasteiger charge is -2.34. The molecule has 3 nitrogen and oxygen atoms in total. The van der Waals surface area contributed by atoms with Crippen LogP contribution in [0.1, 0.15) is 23.6 Å². The van der Waals surface area contributed by atoms with Gasteiger partial charge < -0.3 is 9.64 Å². The molecule has 0 bridgehead atoms. The van der Waals surface area contributed by atoms with Crippen LogP contribution < -0.4 is 4.90 Å². The average Bonchev–Trinajstić information content (AvgIpc) is 2.60. The number of ether oxygens (including phenoxy) is 1. The largest absolute Gasteiger partial charge is 0.464 e. The maximum Gasteiger partial charge on any atom is 0.418 e. The minimum atomic E-state index is -4.53. The number of rotatable bonds is 2. The number of halogens is 3. The summed E-state index contributed by atoms with van der Waals surface area (Å²) in [6.07, 6.45) is -4.53. The molecular formula is C19H16F3NO2. The topological polar surface area (TPSA) is 29.5 Å². The minimum absolute atomic E-state index is 0.0655. The molecular weight excluding hydrogens is 331 g/mol. The van der Waals surface area contributed by atoms with E-state index < -0.39 is 17.7 Å². The molecule has 0 N–H and O–H groups in total. The number of para-hydroxylation sites is 1. The molecule has 0 fully saturated rings. The molecule has 130 valence electrons. The van der Waals surface area contributed by atoms with E-state index in [1.54, 1.807) is 6.92 Å². The summed E-state index contributed by atoms with van der Waals surface area (Å²) in [5.41, 5.74) is 1.55. The van der Waals surface area contributed by atoms with E-state index in [0.29, 0.717) is 5.57 Å². The highest BCUT2D eigenvalue weighted by Crippen LogP contribution is 2.41. The van der Waals surface area contributed by atoms with Gasteiger partial charge in [-0.25, -0.2) is 4.79 Å². The summed E-state index contributed by atoms with van der Waals surface area (Å²) in [4.78, 5) is 13.7. The van der Waals surface area contributed by atoms with Gasteiger partial charge in [0.1, 0.15) is 5.70 Å². The van der Waals surface area contributed by atoms with Crippen molar-refractivity contribution in [1.82, 2.24) is 0 Å². The van der Waals surface area contributed by atoms with Gasteiger partial charge in [0.2, 0.25) is 0 Å². The third-order valence-corrected chi connectivity index (χ3v) is 4.25. The fraction of sp³-hybridized carbons (Fsp3) is 0.211. The molecule has 3 rings (SSSR count). The Morgan fingerprint density at radius 2 is 1.72 bits per heavy atom. The van der Waals surface area contributed by atoms with Gasteiger partial charge in [-0.3, -0.25) is 0 Å². The van der Waals surface area contributed by atoms with Gasteiger partial charge in [-0.2, -0.15) is 13.2 Å². The van der Waals surface area contributed by atoms with E-state index in [9.17, 15) is 18.0 Å². The third kappa shape index (κ3) is 2.99. The lowest BCUT2D eigenvalue weighted by molar-refractivity contribution is -0.138. The van der Waals surface area contributed by atoms with E-state index >= 15 is 0 Å². The zero-order chi connectivity index (χ0) is 18.2. The number of carbonyl (C=O) groups is 1. The van der Waals surface area contributed by atoms with Gasteiger partial charge >= 0.3 is 12.1 Å². The zero-order valence-corrected chi connectivity index (χ0v) is 13.7. The standard InChI is InChI=1S/C19H16F3NO2/c1-12-14-8-4-3-7-13(14)11-23(17(12)18(24)25-2)16-10-6-5-9-15(16)19(20,21)22/h3-10H,11H2,1-2H3. The predicted molar refractivity (Wildman–Crippen MR) is 88.7 cm³/mol. The molecule has 0 aliphatic carbocycles. The van der Waals surface area contributed by atoms with Gasteiger partial charge in [0.25, 0.3) is 0 Å². The maximum absolute atomic E-state index is 13.4. The molecule has 0 atom stereocenters. The monoisotopic (exact) mass is 347 g/mol. The molecule has 0 aromatic heterocycles. The van der Waals surface area contributed by atoms with Crippen LogP contribution in [-0.4, -0.2) is 13.1 Å². The van der Waals surface area contributed by atoms with E-state index in [1.165, 1.54) is 30.2 Å². The van der Waals surface area contributed by atoms with Gasteiger partial charge in [-0.1, -0.05) is 36.4 Å². The van der Waals surface area contributed by atoms with Crippen molar-refractivity contribution in [3.8, 4) is 0 Å². The molecule has 0 unspecified atom stereocenters. The van der Waals surface area contributed by atoms with Crippen LogP contribution in [-0.2, 0) is 22.3 Å². The number of fused-ring (bicyclic) bond motifs is 1. The lowest BCUT2D eigenvalue weighted by Crippen LogP contribution is -2.33. The SMILES string of the molecule is COC(=O)C1=C(C)c2ccccc2CN1c1ccccc1C(F)(F)F. The van der Waals surface area contributed by atoms with Crippen molar-refractivity contribution in [2.75, 3.05) is 12.0 Å². The second-order valence-electron chi connectivity index (χ2n) is 5.72. The molecule has 2 aromatic rings. The van der Waals surface area contributed by atoms with Crippen molar-refractivity contribution in [2.24, 2.45) is 0 Å². The second kappa shape index (κ2) is 6.27. The van der Waals surface area contributed by atoms with E-state index in [1.807, 2.05) is 24.3 Å². The molecule has 0 radical (unpaired) electrons. The number of carbonyl (C=O) groups excluding carboxylic acids is 1. The minimum Gasteiger partial charge on any atom is -0.464 e. The Balaban J connectivity index is 2.24. The first-order valence-electron chi connectivity index (χ1n) is 7.66. The van der Waals surface area contributed by atoms with E-state index in [0.717, 1.165) is 17.2 Å². The van der Waals surface area contributed by atoms with E-state index in [2.05, 4.69) is 0 Å². The molecule has 1 aliphatic rings. The van der Waals surface area contributed by atoms with Crippen molar-refractivity contribution in [3.63, 3.8) is 0 Å². The van der Waals surface area contributed by atoms with Crippen molar-refractivity contribution < 1.29 is 22.7 Å². The highest BCUT2D eigenvalue weighted by Gasteiger charge is 2.37. The van der Waals surface area contributed by atoms with Gasteiger partial charge in [-0.05, 0) is 35.8 Å². The first-order chi connectivity index (χ1) is 11.8. The Morgan fingerprint density at radius 3 is 2.40 bits per heavy atom. The summed E-state index contributed by atoms with van der Waals surface area (Å²) in [5, 5.41) is 0. The highest BCUT2D eigenvalue weighted by molar-refractivity contribution is 6.02. The van der Waals surface area contributed by atoms with Gasteiger partial charge in [0.15, 0.2) is 0 Å². The normalized spacial score (nSPS) is 14.4. The van der Waals surface area contributed by atoms with Crippen LogP contribution in [0.15, 0.2) is 54.2 Å². The number of hydrogen-bond acceptors (Lipinski definition) is 3. The second-order valence-corrected chi connectivity index (χ2v) is 5.72. The Kier molecular flexibility index (Phi) is 4.29. The summed E-state index contributed by atoms with van der Waals surface area (Å²) in [7, 11) is 1.22. The van der Waals surface area contributed by atoms with Crippen LogP contribution in [0.4, 0.5) is 18.9 Å². The Hall–Kier alpha value is -2.76. The quantitative estimate of drug-likeness (QED) is 0.742. The third-order valence-electron chi connectivity index (χ3n) is 4.25. The van der Waals surface area contributed by atoms with Crippen LogP contribution in [0, 0.1) is 0 Å². The number of alkyl halides is 3. The molecule has 1 aliphatic heterocycles. The summed E-state index contributed by atoms with van der Waals surface area (Å²) in [6, 6.07) is 12.6. The maximum atomic E-state index is 13.4. The molecule has 0 amide bonds. The summed E-state index contributed by atoms with van der Waals surface area (Å²) < 4.78 is 45.2. The molecule has 25 heavy (non-hydrogen) atoms. The van der Waals surface area contributed by atoms with Crippen molar-refractivity contribution in [2.45, 2.75) is 19.6 Å². The number of nitrogens with zero attached hydrogens (tertiary/aromatic N) is 1. The number of allylic oxidation sites excluding steroid dienone is 1. The molecule has 1 heterocycles. The smallest absolute Gasteiger partial charge is 0.418 e. The number of anilines is 1. The lowest BCUT2D eigenvalue weighted by atomic mass is 9.93. The molecule has 0 spiro atoms. The van der Waals surface area contributed by atoms with Crippen LogP contribution in [0.25, 0.3) is 5.57 Å². The molecule has 6 heteroatoms. The van der Waals surface area contributed by atoms with Crippen LogP contribution in [0.2, 0.25) is 0 Å². The molecule has 2 aromatic carbocycles. The molecule has 0 saturated carbocycles. The zero-order valence-electron chi connectivity index (χ0n) is 13.7. The van der Waals surface area contributed by atoms with E-state index in [-0.39, 0.29) is 17.9 Å². The predicted octanol–water partition coefficient (Wildman–Crippen LogP) is 4.63. The number of esters is 1. The van der Waals surface area contributed by atoms with Crippen LogP contribution in [0.3, 0.4) is 0 Å². The number of benzene rings is 2. The first-order valence-corrected chi connectivity index (χ1v) is 7.66. The van der Waals surface area contributed by atoms with Gasteiger partial charge in [-0.15, -0.1) is 0 Å².